The largest absolute Gasteiger partial charge is 0.486 e. The van der Waals surface area contributed by atoms with Crippen molar-refractivity contribution in [2.75, 3.05) is 6.61 Å². The molecule has 136 valence electrons. The summed E-state index contributed by atoms with van der Waals surface area (Å²) >= 11 is 0. The lowest BCUT2D eigenvalue weighted by molar-refractivity contribution is -0.121. The van der Waals surface area contributed by atoms with Gasteiger partial charge in [0.1, 0.15) is 12.4 Å². The normalized spacial score (nSPS) is 10.7. The van der Waals surface area contributed by atoms with Gasteiger partial charge in [-0.05, 0) is 18.6 Å². The summed E-state index contributed by atoms with van der Waals surface area (Å²) in [7, 11) is 0. The smallest absolute Gasteiger partial charge is 0.170 e. The van der Waals surface area contributed by atoms with E-state index in [0.29, 0.717) is 6.42 Å². The highest BCUT2D eigenvalue weighted by atomic mass is 16.5. The number of Topliss-reactive ketones (excluding diaryl/α,β-unsaturated/α-hetero) is 1. The van der Waals surface area contributed by atoms with Gasteiger partial charge in [0.15, 0.2) is 5.78 Å². The molecule has 2 nitrogen and oxygen atoms in total. The molecular formula is C22H36O2. The van der Waals surface area contributed by atoms with Crippen LogP contribution >= 0.6 is 0 Å². The molecule has 0 bridgehead atoms. The summed E-state index contributed by atoms with van der Waals surface area (Å²) in [6.07, 6.45) is 16.6. The van der Waals surface area contributed by atoms with E-state index in [1.807, 2.05) is 30.3 Å². The molecular weight excluding hydrogens is 296 g/mol. The molecule has 0 aliphatic rings. The van der Waals surface area contributed by atoms with Crippen LogP contribution in [0.3, 0.4) is 0 Å². The average Bonchev–Trinajstić information content (AvgIpc) is 2.62. The number of para-hydroxylation sites is 1. The first-order valence-electron chi connectivity index (χ1n) is 10.0. The van der Waals surface area contributed by atoms with Crippen molar-refractivity contribution in [3.05, 3.63) is 30.3 Å². The van der Waals surface area contributed by atoms with Gasteiger partial charge in [-0.1, -0.05) is 95.8 Å². The maximum absolute atomic E-state index is 11.8. The first kappa shape index (κ1) is 20.7. The molecule has 0 atom stereocenters. The monoisotopic (exact) mass is 332 g/mol. The van der Waals surface area contributed by atoms with E-state index in [1.54, 1.807) is 0 Å². The van der Waals surface area contributed by atoms with Gasteiger partial charge in [-0.2, -0.15) is 0 Å². The molecule has 0 spiro atoms. The second-order valence-electron chi connectivity index (χ2n) is 6.78. The van der Waals surface area contributed by atoms with Crippen molar-refractivity contribution in [3.63, 3.8) is 0 Å². The molecule has 2 heteroatoms. The number of benzene rings is 1. The lowest BCUT2D eigenvalue weighted by atomic mass is 10.0. The number of carbonyl (C=O) groups is 1. The molecule has 0 radical (unpaired) electrons. The first-order chi connectivity index (χ1) is 11.8. The van der Waals surface area contributed by atoms with Crippen molar-refractivity contribution in [1.29, 1.82) is 0 Å². The van der Waals surface area contributed by atoms with Gasteiger partial charge in [-0.15, -0.1) is 0 Å². The number of carbonyl (C=O) groups excluding carboxylic acids is 1. The van der Waals surface area contributed by atoms with Crippen LogP contribution in [0.2, 0.25) is 0 Å². The maximum atomic E-state index is 11.8. The third-order valence-electron chi connectivity index (χ3n) is 4.45. The van der Waals surface area contributed by atoms with Crippen LogP contribution in [0, 0.1) is 0 Å². The molecule has 1 aromatic rings. The quantitative estimate of drug-likeness (QED) is 0.314. The lowest BCUT2D eigenvalue weighted by Crippen LogP contribution is -2.10. The summed E-state index contributed by atoms with van der Waals surface area (Å²) in [6.45, 7) is 2.48. The van der Waals surface area contributed by atoms with E-state index in [4.69, 9.17) is 4.74 Å². The van der Waals surface area contributed by atoms with Gasteiger partial charge in [0.25, 0.3) is 0 Å². The van der Waals surface area contributed by atoms with E-state index in [1.165, 1.54) is 70.6 Å². The van der Waals surface area contributed by atoms with Gasteiger partial charge in [0.05, 0.1) is 0 Å². The van der Waals surface area contributed by atoms with Crippen molar-refractivity contribution in [1.82, 2.24) is 0 Å². The van der Waals surface area contributed by atoms with E-state index in [2.05, 4.69) is 6.92 Å². The third kappa shape index (κ3) is 12.2. The SMILES string of the molecule is CCCCCCCCCCCCCCC(=O)COc1ccccc1. The van der Waals surface area contributed by atoms with Crippen molar-refractivity contribution in [3.8, 4) is 5.75 Å². The van der Waals surface area contributed by atoms with Crippen LogP contribution in [0.5, 0.6) is 5.75 Å². The Morgan fingerprint density at radius 3 is 1.79 bits per heavy atom. The highest BCUT2D eigenvalue weighted by molar-refractivity contribution is 5.79. The number of hydrogen-bond acceptors (Lipinski definition) is 2. The summed E-state index contributed by atoms with van der Waals surface area (Å²) < 4.78 is 5.48. The van der Waals surface area contributed by atoms with Crippen molar-refractivity contribution < 1.29 is 9.53 Å². The molecule has 24 heavy (non-hydrogen) atoms. The van der Waals surface area contributed by atoms with E-state index in [0.717, 1.165) is 12.2 Å². The summed E-state index contributed by atoms with van der Waals surface area (Å²) in [5.41, 5.74) is 0. The third-order valence-corrected chi connectivity index (χ3v) is 4.45. The number of unbranched alkanes of at least 4 members (excludes halogenated alkanes) is 11. The Kier molecular flexibility index (Phi) is 13.2. The molecule has 0 aliphatic heterocycles. The maximum Gasteiger partial charge on any atom is 0.170 e. The van der Waals surface area contributed by atoms with E-state index in [-0.39, 0.29) is 12.4 Å². The molecule has 0 fully saturated rings. The minimum atomic E-state index is 0.210. The Balaban J connectivity index is 1.82. The van der Waals surface area contributed by atoms with Gasteiger partial charge in [-0.25, -0.2) is 0 Å². The highest BCUT2D eigenvalue weighted by Gasteiger charge is 2.03. The average molecular weight is 333 g/mol. The summed E-state index contributed by atoms with van der Waals surface area (Å²) in [5.74, 6) is 0.992. The molecule has 0 N–H and O–H groups in total. The van der Waals surface area contributed by atoms with E-state index >= 15 is 0 Å². The fraction of sp³-hybridized carbons (Fsp3) is 0.682. The number of rotatable bonds is 16. The second-order valence-corrected chi connectivity index (χ2v) is 6.78. The van der Waals surface area contributed by atoms with E-state index in [9.17, 15) is 4.79 Å². The van der Waals surface area contributed by atoms with Gasteiger partial charge in [0, 0.05) is 6.42 Å². The molecule has 1 aromatic carbocycles. The van der Waals surface area contributed by atoms with Gasteiger partial charge in [0.2, 0.25) is 0 Å². The number of ketones is 1. The van der Waals surface area contributed by atoms with Crippen LogP contribution in [-0.2, 0) is 4.79 Å². The Hall–Kier alpha value is -1.31. The zero-order valence-corrected chi connectivity index (χ0v) is 15.6. The van der Waals surface area contributed by atoms with Gasteiger partial charge < -0.3 is 4.74 Å². The number of hydrogen-bond donors (Lipinski definition) is 0. The van der Waals surface area contributed by atoms with Crippen LogP contribution in [0.1, 0.15) is 90.4 Å². The minimum Gasteiger partial charge on any atom is -0.486 e. The fourth-order valence-corrected chi connectivity index (χ4v) is 2.92. The van der Waals surface area contributed by atoms with Gasteiger partial charge >= 0.3 is 0 Å². The van der Waals surface area contributed by atoms with E-state index < -0.39 is 0 Å². The Bertz CT molecular complexity index is 400. The molecule has 0 aliphatic carbocycles. The Labute approximate surface area is 149 Å². The van der Waals surface area contributed by atoms with Crippen molar-refractivity contribution >= 4 is 5.78 Å². The topological polar surface area (TPSA) is 26.3 Å². The molecule has 0 amide bonds. The van der Waals surface area contributed by atoms with Crippen LogP contribution in [0.15, 0.2) is 30.3 Å². The molecule has 1 rings (SSSR count). The predicted molar refractivity (Wildman–Crippen MR) is 103 cm³/mol. The Morgan fingerprint density at radius 2 is 1.25 bits per heavy atom. The van der Waals surface area contributed by atoms with Crippen molar-refractivity contribution in [2.45, 2.75) is 90.4 Å². The molecule has 0 saturated carbocycles. The summed E-state index contributed by atoms with van der Waals surface area (Å²) in [6, 6.07) is 9.56. The molecule has 0 aromatic heterocycles. The predicted octanol–water partition coefficient (Wildman–Crippen LogP) is 6.73. The highest BCUT2D eigenvalue weighted by Crippen LogP contribution is 2.13. The van der Waals surface area contributed by atoms with Crippen LogP contribution in [0.25, 0.3) is 0 Å². The first-order valence-corrected chi connectivity index (χ1v) is 10.0. The summed E-state index contributed by atoms with van der Waals surface area (Å²) in [4.78, 5) is 11.8. The molecule has 0 heterocycles. The molecule has 0 saturated heterocycles. The fourth-order valence-electron chi connectivity index (χ4n) is 2.92. The zero-order chi connectivity index (χ0) is 17.3. The van der Waals surface area contributed by atoms with Crippen LogP contribution < -0.4 is 4.74 Å². The van der Waals surface area contributed by atoms with Crippen molar-refractivity contribution in [2.24, 2.45) is 0 Å². The standard InChI is InChI=1S/C22H36O2/c1-2-3-4-5-6-7-8-9-10-11-12-14-17-21(23)20-24-22-18-15-13-16-19-22/h13,15-16,18-19H,2-12,14,17,20H2,1H3. The van der Waals surface area contributed by atoms with Crippen LogP contribution in [-0.4, -0.2) is 12.4 Å². The second kappa shape index (κ2) is 15.2. The van der Waals surface area contributed by atoms with Gasteiger partial charge in [-0.3, -0.25) is 4.79 Å². The zero-order valence-electron chi connectivity index (χ0n) is 15.6. The number of ether oxygens (including phenoxy) is 1. The Morgan fingerprint density at radius 1 is 0.750 bits per heavy atom. The molecule has 0 unspecified atom stereocenters. The summed E-state index contributed by atoms with van der Waals surface area (Å²) in [5, 5.41) is 0. The van der Waals surface area contributed by atoms with Crippen LogP contribution in [0.4, 0.5) is 0 Å². The minimum absolute atomic E-state index is 0.210. The lowest BCUT2D eigenvalue weighted by Gasteiger charge is -2.05.